The molecule has 0 spiro atoms. The van der Waals surface area contributed by atoms with E-state index >= 15 is 0 Å². The van der Waals surface area contributed by atoms with Crippen molar-refractivity contribution in [1.29, 1.82) is 0 Å². The van der Waals surface area contributed by atoms with Crippen LogP contribution in [0, 0.1) is 0 Å². The van der Waals surface area contributed by atoms with Crippen LogP contribution in [0.15, 0.2) is 55.0 Å². The normalized spacial score (nSPS) is 14.6. The van der Waals surface area contributed by atoms with Crippen LogP contribution >= 0.6 is 0 Å². The minimum atomic E-state index is 1.10. The third kappa shape index (κ3) is 1.42. The van der Waals surface area contributed by atoms with Gasteiger partial charge in [-0.1, -0.05) is 24.3 Å². The third-order valence-electron chi connectivity index (χ3n) is 3.68. The van der Waals surface area contributed by atoms with Gasteiger partial charge in [0.25, 0.3) is 0 Å². The molecule has 0 radical (unpaired) electrons. The van der Waals surface area contributed by atoms with Gasteiger partial charge in [0.15, 0.2) is 0 Å². The van der Waals surface area contributed by atoms with Gasteiger partial charge in [0.05, 0.1) is 0 Å². The maximum Gasteiger partial charge on any atom is 0.0390 e. The first-order valence-electron chi connectivity index (χ1n) is 6.34. The fourth-order valence-corrected chi connectivity index (χ4v) is 2.69. The van der Waals surface area contributed by atoms with E-state index in [2.05, 4.69) is 70.3 Å². The van der Waals surface area contributed by atoms with E-state index in [1.54, 1.807) is 0 Å². The summed E-state index contributed by atoms with van der Waals surface area (Å²) in [5, 5.41) is 2.61. The Hall–Kier alpha value is -2.22. The van der Waals surface area contributed by atoms with Crippen molar-refractivity contribution in [2.75, 3.05) is 0 Å². The van der Waals surface area contributed by atoms with Crippen LogP contribution in [0.4, 0.5) is 0 Å². The fraction of sp³-hybridized carbons (Fsp3) is 0.125. The number of benzene rings is 1. The van der Waals surface area contributed by atoms with Crippen LogP contribution in [0.2, 0.25) is 0 Å². The van der Waals surface area contributed by atoms with Crippen LogP contribution < -0.4 is 0 Å². The Morgan fingerprint density at radius 2 is 1.61 bits per heavy atom. The fourth-order valence-electron chi connectivity index (χ4n) is 2.69. The molecule has 0 saturated heterocycles. The maximum atomic E-state index is 2.26. The lowest BCUT2D eigenvalue weighted by Crippen LogP contribution is -2.06. The maximum absolute atomic E-state index is 2.26. The number of aryl methyl sites for hydroxylation is 1. The zero-order chi connectivity index (χ0) is 11.9. The van der Waals surface area contributed by atoms with Crippen LogP contribution in [0.25, 0.3) is 22.7 Å². The summed E-state index contributed by atoms with van der Waals surface area (Å²) in [5.74, 6) is 0. The molecule has 88 valence electrons. The first-order chi connectivity index (χ1) is 8.90. The van der Waals surface area contributed by atoms with E-state index in [0.29, 0.717) is 0 Å². The number of rotatable bonds is 1. The largest absolute Gasteiger partial charge is 0.326 e. The smallest absolute Gasteiger partial charge is 0.0390 e. The zero-order valence-corrected chi connectivity index (χ0v) is 10.1. The van der Waals surface area contributed by atoms with E-state index in [4.69, 9.17) is 0 Å². The molecule has 2 nitrogen and oxygen atoms in total. The van der Waals surface area contributed by atoms with E-state index < -0.39 is 0 Å². The standard InChI is InChI=1S/C16H14N2/c1-2-5-14-11-18(10-13(14)4-1)16-8-7-15-6-3-9-17(15)12-16/h1-6,9-12H,7-8H2. The lowest BCUT2D eigenvalue weighted by atomic mass is 10.1. The summed E-state index contributed by atoms with van der Waals surface area (Å²) in [4.78, 5) is 0. The van der Waals surface area contributed by atoms with Gasteiger partial charge in [-0.15, -0.1) is 0 Å². The number of fused-ring (bicyclic) bond motifs is 2. The van der Waals surface area contributed by atoms with Crippen LogP contribution in [-0.2, 0) is 6.42 Å². The van der Waals surface area contributed by atoms with Gasteiger partial charge in [0.2, 0.25) is 0 Å². The van der Waals surface area contributed by atoms with Crippen LogP contribution in [-0.4, -0.2) is 9.13 Å². The van der Waals surface area contributed by atoms with E-state index in [0.717, 1.165) is 12.8 Å². The van der Waals surface area contributed by atoms with Gasteiger partial charge >= 0.3 is 0 Å². The molecule has 0 N–H and O–H groups in total. The molecule has 4 rings (SSSR count). The van der Waals surface area contributed by atoms with Crippen molar-refractivity contribution in [3.05, 3.63) is 60.7 Å². The topological polar surface area (TPSA) is 9.86 Å². The van der Waals surface area contributed by atoms with Crippen molar-refractivity contribution >= 4 is 22.7 Å². The van der Waals surface area contributed by atoms with Gasteiger partial charge in [-0.05, 0) is 35.7 Å². The van der Waals surface area contributed by atoms with Gasteiger partial charge in [0.1, 0.15) is 0 Å². The summed E-state index contributed by atoms with van der Waals surface area (Å²) < 4.78 is 4.48. The second kappa shape index (κ2) is 3.64. The summed E-state index contributed by atoms with van der Waals surface area (Å²) in [6.45, 7) is 0. The van der Waals surface area contributed by atoms with Crippen molar-refractivity contribution < 1.29 is 0 Å². The number of hydrogen-bond acceptors (Lipinski definition) is 0. The second-order valence-corrected chi connectivity index (χ2v) is 4.82. The van der Waals surface area contributed by atoms with Gasteiger partial charge in [-0.3, -0.25) is 0 Å². The lowest BCUT2D eigenvalue weighted by molar-refractivity contribution is 0.847. The van der Waals surface area contributed by atoms with Gasteiger partial charge < -0.3 is 9.13 Å². The van der Waals surface area contributed by atoms with Crippen LogP contribution in [0.1, 0.15) is 12.1 Å². The highest BCUT2D eigenvalue weighted by molar-refractivity contribution is 5.84. The predicted molar refractivity (Wildman–Crippen MR) is 75.2 cm³/mol. The summed E-state index contributed by atoms with van der Waals surface area (Å²) >= 11 is 0. The SMILES string of the molecule is C1=C(n2cc3ccccc3c2)CCc2cccn21. The molecule has 1 aliphatic rings. The molecular formula is C16H14N2. The monoisotopic (exact) mass is 234 g/mol. The first-order valence-corrected chi connectivity index (χ1v) is 6.34. The summed E-state index contributed by atoms with van der Waals surface area (Å²) in [5.41, 5.74) is 2.75. The molecular weight excluding hydrogens is 220 g/mol. The Labute approximate surface area is 106 Å². The van der Waals surface area contributed by atoms with Gasteiger partial charge in [-0.25, -0.2) is 0 Å². The van der Waals surface area contributed by atoms with E-state index in [1.807, 2.05) is 0 Å². The minimum Gasteiger partial charge on any atom is -0.326 e. The minimum absolute atomic E-state index is 1.10. The molecule has 0 saturated carbocycles. The Bertz CT molecular complexity index is 710. The van der Waals surface area contributed by atoms with Gasteiger partial charge in [-0.2, -0.15) is 0 Å². The molecule has 0 bridgehead atoms. The number of allylic oxidation sites excluding steroid dienone is 1. The Balaban J connectivity index is 1.84. The molecule has 0 unspecified atom stereocenters. The summed E-state index contributed by atoms with van der Waals surface area (Å²) in [6.07, 6.45) is 11.0. The number of hydrogen-bond donors (Lipinski definition) is 0. The average Bonchev–Trinajstić information content (AvgIpc) is 3.04. The number of aromatic nitrogens is 2. The second-order valence-electron chi connectivity index (χ2n) is 4.82. The first kappa shape index (κ1) is 9.77. The molecule has 3 aromatic rings. The zero-order valence-electron chi connectivity index (χ0n) is 10.1. The van der Waals surface area contributed by atoms with Gasteiger partial charge in [0, 0.05) is 36.2 Å². The van der Waals surface area contributed by atoms with Crippen molar-refractivity contribution in [3.8, 4) is 0 Å². The molecule has 2 aromatic heterocycles. The molecule has 1 aromatic carbocycles. The molecule has 2 heteroatoms. The van der Waals surface area contributed by atoms with Crippen LogP contribution in [0.5, 0.6) is 0 Å². The molecule has 0 atom stereocenters. The Morgan fingerprint density at radius 3 is 2.39 bits per heavy atom. The average molecular weight is 234 g/mol. The molecule has 0 aliphatic carbocycles. The van der Waals surface area contributed by atoms with Crippen molar-refractivity contribution in [1.82, 2.24) is 9.13 Å². The molecule has 0 amide bonds. The Kier molecular flexibility index (Phi) is 1.97. The quantitative estimate of drug-likeness (QED) is 0.605. The van der Waals surface area contributed by atoms with Crippen molar-refractivity contribution in [2.24, 2.45) is 0 Å². The summed E-state index contributed by atoms with van der Waals surface area (Å²) in [7, 11) is 0. The highest BCUT2D eigenvalue weighted by Gasteiger charge is 2.11. The molecule has 0 fully saturated rings. The highest BCUT2D eigenvalue weighted by Crippen LogP contribution is 2.25. The third-order valence-corrected chi connectivity index (χ3v) is 3.68. The highest BCUT2D eigenvalue weighted by atomic mass is 15.0. The molecule has 1 aliphatic heterocycles. The van der Waals surface area contributed by atoms with Crippen LogP contribution in [0.3, 0.4) is 0 Å². The van der Waals surface area contributed by atoms with Crippen molar-refractivity contribution in [3.63, 3.8) is 0 Å². The van der Waals surface area contributed by atoms with E-state index in [1.165, 1.54) is 22.2 Å². The lowest BCUT2D eigenvalue weighted by Gasteiger charge is -2.16. The number of nitrogens with zero attached hydrogens (tertiary/aromatic N) is 2. The Morgan fingerprint density at radius 1 is 0.833 bits per heavy atom. The summed E-state index contributed by atoms with van der Waals surface area (Å²) in [6, 6.07) is 12.8. The van der Waals surface area contributed by atoms with Crippen molar-refractivity contribution in [2.45, 2.75) is 12.8 Å². The predicted octanol–water partition coefficient (Wildman–Crippen LogP) is 3.84. The van der Waals surface area contributed by atoms with E-state index in [-0.39, 0.29) is 0 Å². The van der Waals surface area contributed by atoms with E-state index in [9.17, 15) is 0 Å². The molecule has 18 heavy (non-hydrogen) atoms. The molecule has 3 heterocycles.